The lowest BCUT2D eigenvalue weighted by Crippen LogP contribution is -2.22. The van der Waals surface area contributed by atoms with Gasteiger partial charge in [-0.25, -0.2) is 4.98 Å². The average Bonchev–Trinajstić information content (AvgIpc) is 2.45. The van der Waals surface area contributed by atoms with Crippen LogP contribution in [0.15, 0.2) is 12.3 Å². The molecule has 0 aliphatic heterocycles. The van der Waals surface area contributed by atoms with Crippen molar-refractivity contribution in [2.45, 2.75) is 58.5 Å². The number of aromatic nitrogens is 1. The predicted octanol–water partition coefficient (Wildman–Crippen LogP) is 4.19. The first-order valence-corrected chi connectivity index (χ1v) is 8.03. The van der Waals surface area contributed by atoms with Gasteiger partial charge < -0.3 is 10.1 Å². The molecule has 0 bridgehead atoms. The van der Waals surface area contributed by atoms with Gasteiger partial charge in [0.05, 0.1) is 6.61 Å². The molecule has 3 nitrogen and oxygen atoms in total. The van der Waals surface area contributed by atoms with Crippen LogP contribution in [0.5, 0.6) is 5.88 Å². The number of rotatable bonds is 6. The van der Waals surface area contributed by atoms with E-state index in [1.54, 1.807) is 0 Å². The zero-order chi connectivity index (χ0) is 14.4. The standard InChI is InChI=1S/C16H25ClN2O/c1-12(2)18-9-14-8-15(17)16(19-10-14)20-11-13-6-4-3-5-7-13/h8,10,12-13,18H,3-7,9,11H2,1-2H3. The molecule has 1 fully saturated rings. The minimum atomic E-state index is 0.455. The smallest absolute Gasteiger partial charge is 0.232 e. The van der Waals surface area contributed by atoms with Crippen molar-refractivity contribution in [3.63, 3.8) is 0 Å². The van der Waals surface area contributed by atoms with Crippen LogP contribution in [0.2, 0.25) is 5.02 Å². The van der Waals surface area contributed by atoms with Crippen molar-refractivity contribution < 1.29 is 4.74 Å². The lowest BCUT2D eigenvalue weighted by molar-refractivity contribution is 0.203. The van der Waals surface area contributed by atoms with E-state index in [0.29, 0.717) is 22.9 Å². The average molecular weight is 297 g/mol. The number of ether oxygens (including phenoxy) is 1. The maximum absolute atomic E-state index is 6.25. The van der Waals surface area contributed by atoms with Crippen molar-refractivity contribution in [1.29, 1.82) is 0 Å². The third-order valence-electron chi connectivity index (χ3n) is 3.76. The number of halogens is 1. The van der Waals surface area contributed by atoms with Gasteiger partial charge in [-0.15, -0.1) is 0 Å². The Hall–Kier alpha value is -0.800. The Morgan fingerprint density at radius 1 is 1.35 bits per heavy atom. The van der Waals surface area contributed by atoms with E-state index < -0.39 is 0 Å². The Bertz CT molecular complexity index is 417. The number of hydrogen-bond acceptors (Lipinski definition) is 3. The quantitative estimate of drug-likeness (QED) is 0.854. The molecule has 1 aromatic rings. The van der Waals surface area contributed by atoms with E-state index in [0.717, 1.165) is 18.7 Å². The summed E-state index contributed by atoms with van der Waals surface area (Å²) in [7, 11) is 0. The molecular formula is C16H25ClN2O. The fourth-order valence-corrected chi connectivity index (χ4v) is 2.78. The number of nitrogens with one attached hydrogen (secondary N) is 1. The van der Waals surface area contributed by atoms with Crippen LogP contribution in [0.1, 0.15) is 51.5 Å². The summed E-state index contributed by atoms with van der Waals surface area (Å²) >= 11 is 6.25. The summed E-state index contributed by atoms with van der Waals surface area (Å²) < 4.78 is 5.79. The predicted molar refractivity (Wildman–Crippen MR) is 83.3 cm³/mol. The molecule has 0 radical (unpaired) electrons. The van der Waals surface area contributed by atoms with Gasteiger partial charge in [-0.05, 0) is 30.4 Å². The van der Waals surface area contributed by atoms with Crippen molar-refractivity contribution >= 4 is 11.6 Å². The normalized spacial score (nSPS) is 16.6. The largest absolute Gasteiger partial charge is 0.476 e. The molecule has 112 valence electrons. The minimum Gasteiger partial charge on any atom is -0.476 e. The molecule has 1 aliphatic carbocycles. The Morgan fingerprint density at radius 2 is 2.10 bits per heavy atom. The molecular weight excluding hydrogens is 272 g/mol. The summed E-state index contributed by atoms with van der Waals surface area (Å²) in [5, 5.41) is 3.97. The molecule has 0 saturated heterocycles. The zero-order valence-corrected chi connectivity index (χ0v) is 13.2. The van der Waals surface area contributed by atoms with Gasteiger partial charge in [-0.2, -0.15) is 0 Å². The van der Waals surface area contributed by atoms with Gasteiger partial charge in [0.15, 0.2) is 0 Å². The highest BCUT2D eigenvalue weighted by Gasteiger charge is 2.15. The Balaban J connectivity index is 1.85. The van der Waals surface area contributed by atoms with Crippen LogP contribution in [-0.2, 0) is 6.54 Å². The zero-order valence-electron chi connectivity index (χ0n) is 12.5. The first kappa shape index (κ1) is 15.6. The van der Waals surface area contributed by atoms with Crippen LogP contribution in [0, 0.1) is 5.92 Å². The molecule has 1 heterocycles. The van der Waals surface area contributed by atoms with Crippen LogP contribution in [0.25, 0.3) is 0 Å². The second-order valence-corrected chi connectivity index (χ2v) is 6.39. The lowest BCUT2D eigenvalue weighted by Gasteiger charge is -2.21. The third-order valence-corrected chi connectivity index (χ3v) is 4.03. The highest BCUT2D eigenvalue weighted by atomic mass is 35.5. The summed E-state index contributed by atoms with van der Waals surface area (Å²) in [6.45, 7) is 5.77. The van der Waals surface area contributed by atoms with E-state index in [9.17, 15) is 0 Å². The van der Waals surface area contributed by atoms with Gasteiger partial charge >= 0.3 is 0 Å². The van der Waals surface area contributed by atoms with Gasteiger partial charge in [0.25, 0.3) is 0 Å². The van der Waals surface area contributed by atoms with E-state index in [-0.39, 0.29) is 0 Å². The molecule has 1 N–H and O–H groups in total. The van der Waals surface area contributed by atoms with Crippen molar-refractivity contribution in [2.24, 2.45) is 5.92 Å². The Kier molecular flexibility index (Phi) is 6.11. The number of pyridine rings is 1. The molecule has 0 unspecified atom stereocenters. The second-order valence-electron chi connectivity index (χ2n) is 5.98. The molecule has 4 heteroatoms. The Morgan fingerprint density at radius 3 is 2.75 bits per heavy atom. The van der Waals surface area contributed by atoms with Crippen molar-refractivity contribution in [3.8, 4) is 5.88 Å². The molecule has 0 spiro atoms. The van der Waals surface area contributed by atoms with Crippen molar-refractivity contribution in [1.82, 2.24) is 10.3 Å². The van der Waals surface area contributed by atoms with Gasteiger partial charge in [-0.1, -0.05) is 44.7 Å². The number of hydrogen-bond donors (Lipinski definition) is 1. The van der Waals surface area contributed by atoms with Gasteiger partial charge in [0, 0.05) is 18.8 Å². The maximum Gasteiger partial charge on any atom is 0.232 e. The fraction of sp³-hybridized carbons (Fsp3) is 0.688. The first-order valence-electron chi connectivity index (χ1n) is 7.65. The fourth-order valence-electron chi connectivity index (χ4n) is 2.54. The summed E-state index contributed by atoms with van der Waals surface area (Å²) in [6.07, 6.45) is 8.41. The van der Waals surface area contributed by atoms with Gasteiger partial charge in [-0.3, -0.25) is 0 Å². The molecule has 0 amide bonds. The van der Waals surface area contributed by atoms with E-state index in [2.05, 4.69) is 24.1 Å². The molecule has 1 saturated carbocycles. The SMILES string of the molecule is CC(C)NCc1cnc(OCC2CCCCC2)c(Cl)c1. The summed E-state index contributed by atoms with van der Waals surface area (Å²) in [4.78, 5) is 4.35. The van der Waals surface area contributed by atoms with Gasteiger partial charge in [0.1, 0.15) is 5.02 Å². The van der Waals surface area contributed by atoms with Crippen LogP contribution in [0.3, 0.4) is 0 Å². The molecule has 1 aliphatic rings. The molecule has 20 heavy (non-hydrogen) atoms. The van der Waals surface area contributed by atoms with Crippen molar-refractivity contribution in [2.75, 3.05) is 6.61 Å². The first-order chi connectivity index (χ1) is 9.65. The summed E-state index contributed by atoms with van der Waals surface area (Å²) in [5.41, 5.74) is 1.09. The van der Waals surface area contributed by atoms with E-state index in [1.165, 1.54) is 32.1 Å². The number of nitrogens with zero attached hydrogens (tertiary/aromatic N) is 1. The van der Waals surface area contributed by atoms with Gasteiger partial charge in [0.2, 0.25) is 5.88 Å². The third kappa shape index (κ3) is 4.95. The highest BCUT2D eigenvalue weighted by molar-refractivity contribution is 6.31. The van der Waals surface area contributed by atoms with E-state index in [1.807, 2.05) is 12.3 Å². The van der Waals surface area contributed by atoms with Crippen molar-refractivity contribution in [3.05, 3.63) is 22.8 Å². The summed E-state index contributed by atoms with van der Waals surface area (Å²) in [5.74, 6) is 1.24. The van der Waals surface area contributed by atoms with E-state index in [4.69, 9.17) is 16.3 Å². The molecule has 1 aromatic heterocycles. The van der Waals surface area contributed by atoms with Crippen LogP contribution in [-0.4, -0.2) is 17.6 Å². The van der Waals surface area contributed by atoms with Crippen LogP contribution >= 0.6 is 11.6 Å². The molecule has 0 atom stereocenters. The second kappa shape index (κ2) is 7.84. The monoisotopic (exact) mass is 296 g/mol. The van der Waals surface area contributed by atoms with E-state index >= 15 is 0 Å². The highest BCUT2D eigenvalue weighted by Crippen LogP contribution is 2.27. The molecule has 0 aromatic carbocycles. The van der Waals surface area contributed by atoms with Crippen LogP contribution in [0.4, 0.5) is 0 Å². The molecule has 2 rings (SSSR count). The summed E-state index contributed by atoms with van der Waals surface area (Å²) in [6, 6.07) is 2.40. The minimum absolute atomic E-state index is 0.455. The lowest BCUT2D eigenvalue weighted by atomic mass is 9.90. The maximum atomic E-state index is 6.25. The Labute approximate surface area is 127 Å². The topological polar surface area (TPSA) is 34.2 Å². The van der Waals surface area contributed by atoms with Crippen LogP contribution < -0.4 is 10.1 Å².